The third-order valence-electron chi connectivity index (χ3n) is 3.61. The molecular formula is C19H25N3O3. The maximum atomic E-state index is 12.3. The van der Waals surface area contributed by atoms with E-state index < -0.39 is 0 Å². The third-order valence-corrected chi connectivity index (χ3v) is 3.61. The third kappa shape index (κ3) is 5.85. The van der Waals surface area contributed by atoms with E-state index in [0.717, 1.165) is 24.2 Å². The molecule has 1 heterocycles. The summed E-state index contributed by atoms with van der Waals surface area (Å²) in [6.07, 6.45) is 1.01. The van der Waals surface area contributed by atoms with Crippen LogP contribution in [0, 0.1) is 0 Å². The van der Waals surface area contributed by atoms with Gasteiger partial charge in [-0.25, -0.2) is 4.98 Å². The minimum Gasteiger partial charge on any atom is -0.383 e. The molecule has 0 saturated heterocycles. The molecule has 3 N–H and O–H groups in total. The summed E-state index contributed by atoms with van der Waals surface area (Å²) in [5.41, 5.74) is 9.04. The SMILES string of the molecule is CCCOCc1ccc(CNC(=O)c2ccc(COC)nc2N)cc1. The lowest BCUT2D eigenvalue weighted by atomic mass is 10.1. The van der Waals surface area contributed by atoms with Crippen molar-refractivity contribution in [1.29, 1.82) is 0 Å². The van der Waals surface area contributed by atoms with E-state index in [-0.39, 0.29) is 11.7 Å². The molecule has 0 atom stereocenters. The van der Waals surface area contributed by atoms with Gasteiger partial charge < -0.3 is 20.5 Å². The molecule has 0 spiro atoms. The molecule has 6 heteroatoms. The molecule has 1 amide bonds. The Morgan fingerprint density at radius 2 is 1.84 bits per heavy atom. The number of methoxy groups -OCH3 is 1. The van der Waals surface area contributed by atoms with Gasteiger partial charge in [0, 0.05) is 20.3 Å². The van der Waals surface area contributed by atoms with Crippen molar-refractivity contribution in [1.82, 2.24) is 10.3 Å². The lowest BCUT2D eigenvalue weighted by molar-refractivity contribution is 0.0951. The van der Waals surface area contributed by atoms with Crippen LogP contribution in [-0.4, -0.2) is 24.6 Å². The molecule has 134 valence electrons. The second kappa shape index (κ2) is 9.76. The first kappa shape index (κ1) is 18.9. The van der Waals surface area contributed by atoms with Crippen LogP contribution in [0.1, 0.15) is 40.5 Å². The molecule has 0 radical (unpaired) electrons. The van der Waals surface area contributed by atoms with Gasteiger partial charge in [0.15, 0.2) is 0 Å². The zero-order valence-corrected chi connectivity index (χ0v) is 14.7. The highest BCUT2D eigenvalue weighted by Crippen LogP contribution is 2.11. The van der Waals surface area contributed by atoms with Crippen LogP contribution in [0.15, 0.2) is 36.4 Å². The number of ether oxygens (including phenoxy) is 2. The van der Waals surface area contributed by atoms with Gasteiger partial charge in [-0.15, -0.1) is 0 Å². The molecule has 25 heavy (non-hydrogen) atoms. The van der Waals surface area contributed by atoms with Crippen LogP contribution < -0.4 is 11.1 Å². The highest BCUT2D eigenvalue weighted by Gasteiger charge is 2.11. The van der Waals surface area contributed by atoms with Crippen molar-refractivity contribution in [3.63, 3.8) is 0 Å². The van der Waals surface area contributed by atoms with Gasteiger partial charge in [-0.2, -0.15) is 0 Å². The van der Waals surface area contributed by atoms with E-state index in [1.165, 1.54) is 0 Å². The molecule has 6 nitrogen and oxygen atoms in total. The number of nitrogens with zero attached hydrogens (tertiary/aromatic N) is 1. The van der Waals surface area contributed by atoms with Gasteiger partial charge in [0.05, 0.1) is 24.5 Å². The van der Waals surface area contributed by atoms with Crippen LogP contribution in [0.2, 0.25) is 0 Å². The number of carbonyl (C=O) groups is 1. The van der Waals surface area contributed by atoms with Gasteiger partial charge in [-0.05, 0) is 29.7 Å². The largest absolute Gasteiger partial charge is 0.383 e. The first-order valence-corrected chi connectivity index (χ1v) is 8.32. The minimum atomic E-state index is -0.246. The molecule has 0 unspecified atom stereocenters. The van der Waals surface area contributed by atoms with Crippen LogP contribution in [-0.2, 0) is 29.2 Å². The topological polar surface area (TPSA) is 86.5 Å². The molecule has 0 bridgehead atoms. The van der Waals surface area contributed by atoms with Crippen molar-refractivity contribution in [2.24, 2.45) is 0 Å². The maximum absolute atomic E-state index is 12.3. The number of benzene rings is 1. The lowest BCUT2D eigenvalue weighted by Crippen LogP contribution is -2.24. The molecule has 2 rings (SSSR count). The zero-order valence-electron chi connectivity index (χ0n) is 14.7. The predicted octanol–water partition coefficient (Wildman–Crippen LogP) is 2.67. The van der Waals surface area contributed by atoms with Crippen LogP contribution in [0.5, 0.6) is 0 Å². The molecule has 0 saturated carbocycles. The molecule has 1 aromatic carbocycles. The van der Waals surface area contributed by atoms with Gasteiger partial charge >= 0.3 is 0 Å². The summed E-state index contributed by atoms with van der Waals surface area (Å²) >= 11 is 0. The molecule has 0 fully saturated rings. The van der Waals surface area contributed by atoms with E-state index in [0.29, 0.717) is 31.0 Å². The van der Waals surface area contributed by atoms with Crippen molar-refractivity contribution in [2.75, 3.05) is 19.5 Å². The van der Waals surface area contributed by atoms with E-state index >= 15 is 0 Å². The number of aromatic nitrogens is 1. The number of amides is 1. The monoisotopic (exact) mass is 343 g/mol. The highest BCUT2D eigenvalue weighted by atomic mass is 16.5. The fourth-order valence-corrected chi connectivity index (χ4v) is 2.30. The van der Waals surface area contributed by atoms with Gasteiger partial charge in [-0.3, -0.25) is 4.79 Å². The smallest absolute Gasteiger partial charge is 0.255 e. The zero-order chi connectivity index (χ0) is 18.1. The Bertz CT molecular complexity index is 687. The fraction of sp³-hybridized carbons (Fsp3) is 0.368. The Morgan fingerprint density at radius 1 is 1.12 bits per heavy atom. The summed E-state index contributed by atoms with van der Waals surface area (Å²) < 4.78 is 10.5. The van der Waals surface area contributed by atoms with Crippen LogP contribution in [0.25, 0.3) is 0 Å². The van der Waals surface area contributed by atoms with Crippen molar-refractivity contribution in [3.8, 4) is 0 Å². The number of carbonyl (C=O) groups excluding carboxylic acids is 1. The molecule has 1 aromatic heterocycles. The van der Waals surface area contributed by atoms with Crippen molar-refractivity contribution in [3.05, 3.63) is 58.8 Å². The standard InChI is InChI=1S/C19H25N3O3/c1-3-10-25-12-15-6-4-14(5-7-15)11-21-19(23)17-9-8-16(13-24-2)22-18(17)20/h4-9H,3,10-13H2,1-2H3,(H2,20,22)(H,21,23). The Labute approximate surface area is 148 Å². The molecule has 0 aliphatic heterocycles. The summed E-state index contributed by atoms with van der Waals surface area (Å²) in [6.45, 7) is 4.24. The Kier molecular flexibility index (Phi) is 7.37. The number of nitrogen functional groups attached to an aromatic ring is 1. The van der Waals surface area contributed by atoms with E-state index in [9.17, 15) is 4.79 Å². The fourth-order valence-electron chi connectivity index (χ4n) is 2.30. The van der Waals surface area contributed by atoms with Crippen molar-refractivity contribution < 1.29 is 14.3 Å². The number of anilines is 1. The van der Waals surface area contributed by atoms with Crippen molar-refractivity contribution in [2.45, 2.75) is 33.1 Å². The van der Waals surface area contributed by atoms with E-state index in [2.05, 4.69) is 17.2 Å². The summed E-state index contributed by atoms with van der Waals surface area (Å²) in [5.74, 6) is -0.0419. The van der Waals surface area contributed by atoms with Crippen LogP contribution in [0.3, 0.4) is 0 Å². The normalized spacial score (nSPS) is 10.6. The number of hydrogen-bond donors (Lipinski definition) is 2. The van der Waals surface area contributed by atoms with Crippen LogP contribution in [0.4, 0.5) is 5.82 Å². The van der Waals surface area contributed by atoms with Gasteiger partial charge in [-0.1, -0.05) is 31.2 Å². The number of pyridine rings is 1. The Balaban J connectivity index is 1.89. The molecule has 0 aliphatic rings. The second-order valence-corrected chi connectivity index (χ2v) is 5.72. The van der Waals surface area contributed by atoms with Gasteiger partial charge in [0.1, 0.15) is 5.82 Å². The predicted molar refractivity (Wildman–Crippen MR) is 96.9 cm³/mol. The van der Waals surface area contributed by atoms with E-state index in [1.54, 1.807) is 19.2 Å². The minimum absolute atomic E-state index is 0.204. The second-order valence-electron chi connectivity index (χ2n) is 5.72. The van der Waals surface area contributed by atoms with Crippen molar-refractivity contribution >= 4 is 11.7 Å². The van der Waals surface area contributed by atoms with Gasteiger partial charge in [0.2, 0.25) is 0 Å². The summed E-state index contributed by atoms with van der Waals surface area (Å²) in [6, 6.07) is 11.4. The first-order valence-electron chi connectivity index (χ1n) is 8.32. The molecule has 0 aliphatic carbocycles. The highest BCUT2D eigenvalue weighted by molar-refractivity contribution is 5.98. The average molecular weight is 343 g/mol. The average Bonchev–Trinajstić information content (AvgIpc) is 2.61. The number of nitrogens with two attached hydrogens (primary N) is 1. The first-order chi connectivity index (χ1) is 12.1. The number of hydrogen-bond acceptors (Lipinski definition) is 5. The molecular weight excluding hydrogens is 318 g/mol. The summed E-state index contributed by atoms with van der Waals surface area (Å²) in [7, 11) is 1.58. The number of rotatable bonds is 9. The Morgan fingerprint density at radius 3 is 2.48 bits per heavy atom. The van der Waals surface area contributed by atoms with Crippen LogP contribution >= 0.6 is 0 Å². The van der Waals surface area contributed by atoms with E-state index in [4.69, 9.17) is 15.2 Å². The quantitative estimate of drug-likeness (QED) is 0.684. The maximum Gasteiger partial charge on any atom is 0.255 e. The Hall–Kier alpha value is -2.44. The molecule has 2 aromatic rings. The number of nitrogens with one attached hydrogen (secondary N) is 1. The lowest BCUT2D eigenvalue weighted by Gasteiger charge is -2.09. The summed E-state index contributed by atoms with van der Waals surface area (Å²) in [5, 5.41) is 2.86. The van der Waals surface area contributed by atoms with Gasteiger partial charge in [0.25, 0.3) is 5.91 Å². The van der Waals surface area contributed by atoms with E-state index in [1.807, 2.05) is 24.3 Å². The summed E-state index contributed by atoms with van der Waals surface area (Å²) in [4.78, 5) is 16.4.